The van der Waals surface area contributed by atoms with E-state index in [0.29, 0.717) is 36.0 Å². The predicted molar refractivity (Wildman–Crippen MR) is 70.7 cm³/mol. The summed E-state index contributed by atoms with van der Waals surface area (Å²) in [6.45, 7) is 0.758. The van der Waals surface area contributed by atoms with Gasteiger partial charge in [0.05, 0.1) is 30.5 Å². The molecule has 1 spiro atoms. The second-order valence-electron chi connectivity index (χ2n) is 4.23. The number of ether oxygens (including phenoxy) is 2. The largest absolute Gasteiger partial charge is 0.386 e. The summed E-state index contributed by atoms with van der Waals surface area (Å²) in [5, 5.41) is 2.73. The molecule has 0 aliphatic carbocycles. The molecule has 6 nitrogen and oxygen atoms in total. The van der Waals surface area contributed by atoms with Crippen LogP contribution in [0, 0.1) is 0 Å². The number of fused-ring (bicyclic) bond motifs is 2. The van der Waals surface area contributed by atoms with Crippen molar-refractivity contribution in [2.24, 2.45) is 10.7 Å². The number of benzene rings is 1. The molecule has 1 aromatic rings. The number of amides is 1. The zero-order valence-electron chi connectivity index (χ0n) is 9.98. The van der Waals surface area contributed by atoms with Crippen LogP contribution < -0.4 is 11.1 Å². The van der Waals surface area contributed by atoms with Crippen molar-refractivity contribution < 1.29 is 14.3 Å². The topological polar surface area (TPSA) is 85.9 Å². The number of aliphatic imine (C=N–C) groups is 1. The molecule has 0 bridgehead atoms. The van der Waals surface area contributed by atoms with Gasteiger partial charge in [-0.05, 0) is 18.2 Å². The molecule has 1 fully saturated rings. The maximum atomic E-state index is 12.0. The van der Waals surface area contributed by atoms with Gasteiger partial charge in [-0.2, -0.15) is 0 Å². The van der Waals surface area contributed by atoms with Crippen molar-refractivity contribution in [3.8, 4) is 0 Å². The summed E-state index contributed by atoms with van der Waals surface area (Å²) in [7, 11) is 0. The summed E-state index contributed by atoms with van der Waals surface area (Å²) in [6, 6.07) is 5.21. The Morgan fingerprint density at radius 1 is 1.47 bits per heavy atom. The minimum Gasteiger partial charge on any atom is -0.386 e. The Kier molecular flexibility index (Phi) is 2.93. The number of carbonyl (C=O) groups excluding carboxylic acids is 1. The minimum absolute atomic E-state index is 0.145. The molecular formula is C12H12ClN3O3. The highest BCUT2D eigenvalue weighted by Gasteiger charge is 2.52. The van der Waals surface area contributed by atoms with E-state index in [0.717, 1.165) is 0 Å². The first-order valence-corrected chi connectivity index (χ1v) is 6.32. The van der Waals surface area contributed by atoms with E-state index >= 15 is 0 Å². The van der Waals surface area contributed by atoms with Crippen molar-refractivity contribution in [2.75, 3.05) is 24.4 Å². The van der Waals surface area contributed by atoms with Gasteiger partial charge < -0.3 is 20.5 Å². The second-order valence-corrected chi connectivity index (χ2v) is 4.50. The molecule has 0 radical (unpaired) electrons. The van der Waals surface area contributed by atoms with Gasteiger partial charge >= 0.3 is 0 Å². The van der Waals surface area contributed by atoms with Crippen LogP contribution in [-0.2, 0) is 20.1 Å². The van der Waals surface area contributed by atoms with E-state index in [1.54, 1.807) is 18.2 Å². The number of alkyl halides is 1. The number of amidine groups is 1. The number of hydrogen-bond acceptors (Lipinski definition) is 4. The van der Waals surface area contributed by atoms with Gasteiger partial charge in [0.15, 0.2) is 0 Å². The number of nitrogens with zero attached hydrogens (tertiary/aromatic N) is 1. The van der Waals surface area contributed by atoms with Gasteiger partial charge in [0.2, 0.25) is 0 Å². The highest BCUT2D eigenvalue weighted by molar-refractivity contribution is 6.28. The Morgan fingerprint density at radius 2 is 2.21 bits per heavy atom. The Hall–Kier alpha value is -1.63. The summed E-state index contributed by atoms with van der Waals surface area (Å²) in [5.74, 6) is -1.20. The van der Waals surface area contributed by atoms with Crippen LogP contribution in [-0.4, -0.2) is 30.8 Å². The van der Waals surface area contributed by atoms with Crippen LogP contribution in [0.25, 0.3) is 0 Å². The number of anilines is 1. The van der Waals surface area contributed by atoms with Gasteiger partial charge in [-0.1, -0.05) is 0 Å². The molecule has 100 valence electrons. The second kappa shape index (κ2) is 4.48. The number of nitrogens with two attached hydrogens (primary N) is 1. The van der Waals surface area contributed by atoms with Crippen molar-refractivity contribution >= 4 is 34.7 Å². The number of carbonyl (C=O) groups is 1. The van der Waals surface area contributed by atoms with Crippen LogP contribution >= 0.6 is 11.6 Å². The summed E-state index contributed by atoms with van der Waals surface area (Å²) >= 11 is 5.59. The van der Waals surface area contributed by atoms with E-state index < -0.39 is 5.79 Å². The molecular weight excluding hydrogens is 270 g/mol. The van der Waals surface area contributed by atoms with E-state index in [1.807, 2.05) is 0 Å². The summed E-state index contributed by atoms with van der Waals surface area (Å²) in [4.78, 5) is 16.1. The van der Waals surface area contributed by atoms with Crippen LogP contribution in [0.1, 0.15) is 5.56 Å². The molecule has 1 amide bonds. The maximum absolute atomic E-state index is 12.0. The number of hydrogen-bond donors (Lipinski definition) is 2. The van der Waals surface area contributed by atoms with Crippen molar-refractivity contribution in [3.63, 3.8) is 0 Å². The lowest BCUT2D eigenvalue weighted by Gasteiger charge is -2.19. The monoisotopic (exact) mass is 281 g/mol. The third-order valence-corrected chi connectivity index (χ3v) is 3.28. The third-order valence-electron chi connectivity index (χ3n) is 3.01. The van der Waals surface area contributed by atoms with Crippen LogP contribution in [0.3, 0.4) is 0 Å². The molecule has 7 heteroatoms. The normalized spacial score (nSPS) is 20.7. The molecule has 0 saturated carbocycles. The van der Waals surface area contributed by atoms with E-state index in [-0.39, 0.29) is 11.8 Å². The molecule has 0 atom stereocenters. The average molecular weight is 282 g/mol. The first-order chi connectivity index (χ1) is 9.15. The lowest BCUT2D eigenvalue weighted by atomic mass is 10.1. The van der Waals surface area contributed by atoms with Crippen LogP contribution in [0.5, 0.6) is 0 Å². The van der Waals surface area contributed by atoms with Gasteiger partial charge in [0, 0.05) is 5.56 Å². The van der Waals surface area contributed by atoms with Crippen molar-refractivity contribution in [1.29, 1.82) is 0 Å². The molecule has 3 rings (SSSR count). The molecule has 3 N–H and O–H groups in total. The molecule has 19 heavy (non-hydrogen) atoms. The van der Waals surface area contributed by atoms with Crippen LogP contribution in [0.4, 0.5) is 11.4 Å². The molecule has 1 aromatic carbocycles. The Bertz CT molecular complexity index is 567. The summed E-state index contributed by atoms with van der Waals surface area (Å²) in [6.07, 6.45) is 0. The SMILES string of the molecule is NC(CCl)=Nc1ccc2c(c1)C1(OCCO1)C(=O)N2. The smallest absolute Gasteiger partial charge is 0.289 e. The van der Waals surface area contributed by atoms with Crippen LogP contribution in [0.2, 0.25) is 0 Å². The number of nitrogens with one attached hydrogen (secondary N) is 1. The molecule has 2 heterocycles. The van der Waals surface area contributed by atoms with Gasteiger partial charge in [0.1, 0.15) is 5.84 Å². The average Bonchev–Trinajstić information content (AvgIpc) is 2.99. The van der Waals surface area contributed by atoms with E-state index in [9.17, 15) is 4.79 Å². The van der Waals surface area contributed by atoms with E-state index in [1.165, 1.54) is 0 Å². The minimum atomic E-state index is -1.34. The van der Waals surface area contributed by atoms with Gasteiger partial charge in [-0.3, -0.25) is 4.79 Å². The lowest BCUT2D eigenvalue weighted by Crippen LogP contribution is -2.35. The molecule has 0 unspecified atom stereocenters. The van der Waals surface area contributed by atoms with Crippen molar-refractivity contribution in [3.05, 3.63) is 23.8 Å². The highest BCUT2D eigenvalue weighted by Crippen LogP contribution is 2.43. The Morgan fingerprint density at radius 3 is 2.89 bits per heavy atom. The highest BCUT2D eigenvalue weighted by atomic mass is 35.5. The lowest BCUT2D eigenvalue weighted by molar-refractivity contribution is -0.178. The van der Waals surface area contributed by atoms with Crippen molar-refractivity contribution in [1.82, 2.24) is 0 Å². The first-order valence-electron chi connectivity index (χ1n) is 5.78. The van der Waals surface area contributed by atoms with Gasteiger partial charge in [-0.25, -0.2) is 4.99 Å². The third kappa shape index (κ3) is 1.88. The molecule has 0 aromatic heterocycles. The predicted octanol–water partition coefficient (Wildman–Crippen LogP) is 1.07. The van der Waals surface area contributed by atoms with E-state index in [2.05, 4.69) is 10.3 Å². The molecule has 2 aliphatic heterocycles. The summed E-state index contributed by atoms with van der Waals surface area (Å²) < 4.78 is 11.0. The van der Waals surface area contributed by atoms with Gasteiger partial charge in [-0.15, -0.1) is 11.6 Å². The summed E-state index contributed by atoms with van der Waals surface area (Å²) in [5.41, 5.74) is 7.49. The fourth-order valence-electron chi connectivity index (χ4n) is 2.20. The standard InChI is InChI=1S/C12H12ClN3O3/c13-6-10(14)15-7-1-2-9-8(5-7)12(11(17)16-9)18-3-4-19-12/h1-2,5H,3-4,6H2,(H2,14,15)(H,16,17). The number of halogens is 1. The zero-order chi connectivity index (χ0) is 13.5. The van der Waals surface area contributed by atoms with Crippen molar-refractivity contribution in [2.45, 2.75) is 5.79 Å². The zero-order valence-corrected chi connectivity index (χ0v) is 10.7. The quantitative estimate of drug-likeness (QED) is 0.482. The Balaban J connectivity index is 2.05. The fraction of sp³-hybridized carbons (Fsp3) is 0.333. The van der Waals surface area contributed by atoms with Gasteiger partial charge in [0.25, 0.3) is 11.7 Å². The maximum Gasteiger partial charge on any atom is 0.289 e. The first kappa shape index (κ1) is 12.4. The molecule has 1 saturated heterocycles. The molecule has 2 aliphatic rings. The Labute approximate surface area is 114 Å². The fourth-order valence-corrected chi connectivity index (χ4v) is 2.26. The van der Waals surface area contributed by atoms with E-state index in [4.69, 9.17) is 26.8 Å². The van der Waals surface area contributed by atoms with Crippen LogP contribution in [0.15, 0.2) is 23.2 Å². The number of rotatable bonds is 2.